The van der Waals surface area contributed by atoms with Gasteiger partial charge in [-0.1, -0.05) is 23.4 Å². The van der Waals surface area contributed by atoms with E-state index < -0.39 is 10.0 Å². The van der Waals surface area contributed by atoms with Crippen molar-refractivity contribution in [2.24, 2.45) is 0 Å². The van der Waals surface area contributed by atoms with E-state index >= 15 is 0 Å². The molecule has 0 aliphatic rings. The summed E-state index contributed by atoms with van der Waals surface area (Å²) in [5.74, 6) is 1.69. The van der Waals surface area contributed by atoms with Crippen molar-refractivity contribution in [3.05, 3.63) is 77.5 Å². The summed E-state index contributed by atoms with van der Waals surface area (Å²) in [6.45, 7) is 0. The predicted octanol–water partition coefficient (Wildman–Crippen LogP) is 4.20. The number of methoxy groups -OCH3 is 1. The Balaban J connectivity index is 1.47. The Kier molecular flexibility index (Phi) is 5.32. The van der Waals surface area contributed by atoms with E-state index in [2.05, 4.69) is 14.9 Å². The Labute approximate surface area is 172 Å². The van der Waals surface area contributed by atoms with Crippen LogP contribution in [0, 0.1) is 0 Å². The molecule has 29 heavy (non-hydrogen) atoms. The van der Waals surface area contributed by atoms with Crippen LogP contribution in [-0.4, -0.2) is 25.7 Å². The van der Waals surface area contributed by atoms with Gasteiger partial charge in [-0.05, 0) is 53.4 Å². The smallest absolute Gasteiger partial charge is 0.271 e. The second-order valence-corrected chi connectivity index (χ2v) is 9.01. The van der Waals surface area contributed by atoms with Crippen molar-refractivity contribution >= 4 is 27.0 Å². The molecule has 0 aliphatic carbocycles. The number of benzene rings is 2. The lowest BCUT2D eigenvalue weighted by atomic mass is 10.1. The highest BCUT2D eigenvalue weighted by molar-refractivity contribution is 7.94. The number of nitrogens with one attached hydrogen (secondary N) is 1. The van der Waals surface area contributed by atoms with Gasteiger partial charge in [0.25, 0.3) is 10.0 Å². The Morgan fingerprint density at radius 2 is 1.93 bits per heavy atom. The molecule has 0 spiro atoms. The molecule has 0 fully saturated rings. The van der Waals surface area contributed by atoms with Gasteiger partial charge >= 0.3 is 0 Å². The summed E-state index contributed by atoms with van der Waals surface area (Å²) in [4.78, 5) is 4.42. The van der Waals surface area contributed by atoms with E-state index in [4.69, 9.17) is 9.26 Å². The summed E-state index contributed by atoms with van der Waals surface area (Å²) in [5.41, 5.74) is 2.19. The number of ether oxygens (including phenoxy) is 1. The van der Waals surface area contributed by atoms with Crippen LogP contribution in [0.3, 0.4) is 0 Å². The van der Waals surface area contributed by atoms with Crippen LogP contribution in [0.2, 0.25) is 0 Å². The average Bonchev–Trinajstić information content (AvgIpc) is 3.41. The SMILES string of the molecule is COc1cccc(Cc2nc(-c3ccc(NS(=O)(=O)c4cccs4)cc3)no2)c1. The van der Waals surface area contributed by atoms with Crippen LogP contribution in [0.4, 0.5) is 5.69 Å². The molecule has 0 unspecified atom stereocenters. The van der Waals surface area contributed by atoms with Crippen molar-refractivity contribution in [2.75, 3.05) is 11.8 Å². The average molecular weight is 428 g/mol. The number of aromatic nitrogens is 2. The maximum absolute atomic E-state index is 12.3. The largest absolute Gasteiger partial charge is 0.497 e. The monoisotopic (exact) mass is 427 g/mol. The summed E-state index contributed by atoms with van der Waals surface area (Å²) in [6.07, 6.45) is 0.489. The van der Waals surface area contributed by atoms with Gasteiger partial charge in [0.1, 0.15) is 9.96 Å². The third-order valence-electron chi connectivity index (χ3n) is 4.11. The topological polar surface area (TPSA) is 94.3 Å². The summed E-state index contributed by atoms with van der Waals surface area (Å²) in [6, 6.07) is 17.7. The van der Waals surface area contributed by atoms with Crippen LogP contribution in [-0.2, 0) is 16.4 Å². The van der Waals surface area contributed by atoms with Gasteiger partial charge < -0.3 is 9.26 Å². The number of hydrogen-bond donors (Lipinski definition) is 1. The van der Waals surface area contributed by atoms with Gasteiger partial charge in [-0.3, -0.25) is 4.72 Å². The van der Waals surface area contributed by atoms with Crippen LogP contribution < -0.4 is 9.46 Å². The van der Waals surface area contributed by atoms with E-state index in [1.54, 1.807) is 48.9 Å². The van der Waals surface area contributed by atoms with Gasteiger partial charge in [0.15, 0.2) is 0 Å². The van der Waals surface area contributed by atoms with E-state index in [0.29, 0.717) is 23.8 Å². The van der Waals surface area contributed by atoms with Crippen LogP contribution in [0.25, 0.3) is 11.4 Å². The van der Waals surface area contributed by atoms with Crippen LogP contribution in [0.5, 0.6) is 5.75 Å². The molecule has 0 amide bonds. The quantitative estimate of drug-likeness (QED) is 0.475. The molecule has 9 heteroatoms. The zero-order chi connectivity index (χ0) is 20.3. The molecule has 0 aliphatic heterocycles. The molecule has 0 saturated carbocycles. The third-order valence-corrected chi connectivity index (χ3v) is 6.89. The van der Waals surface area contributed by atoms with Gasteiger partial charge in [0.05, 0.1) is 13.5 Å². The van der Waals surface area contributed by atoms with Crippen molar-refractivity contribution in [2.45, 2.75) is 10.6 Å². The molecule has 7 nitrogen and oxygen atoms in total. The van der Waals surface area contributed by atoms with Gasteiger partial charge in [0.2, 0.25) is 11.7 Å². The molecular weight excluding hydrogens is 410 g/mol. The lowest BCUT2D eigenvalue weighted by Crippen LogP contribution is -2.11. The Morgan fingerprint density at radius 1 is 1.10 bits per heavy atom. The summed E-state index contributed by atoms with van der Waals surface area (Å²) in [5, 5.41) is 5.73. The normalized spacial score (nSPS) is 11.3. The fourth-order valence-electron chi connectivity index (χ4n) is 2.71. The fourth-order valence-corrected chi connectivity index (χ4v) is 4.76. The maximum atomic E-state index is 12.3. The molecule has 4 aromatic rings. The van der Waals surface area contributed by atoms with Gasteiger partial charge in [-0.2, -0.15) is 4.98 Å². The zero-order valence-electron chi connectivity index (χ0n) is 15.4. The molecule has 0 atom stereocenters. The first-order chi connectivity index (χ1) is 14.0. The van der Waals surface area contributed by atoms with Crippen molar-refractivity contribution in [3.63, 3.8) is 0 Å². The second kappa shape index (κ2) is 8.06. The Morgan fingerprint density at radius 3 is 2.66 bits per heavy atom. The molecular formula is C20H17N3O4S2. The van der Waals surface area contributed by atoms with Gasteiger partial charge in [0, 0.05) is 11.3 Å². The highest BCUT2D eigenvalue weighted by atomic mass is 32.2. The van der Waals surface area contributed by atoms with Crippen LogP contribution in [0.1, 0.15) is 11.5 Å². The van der Waals surface area contributed by atoms with Crippen LogP contribution in [0.15, 0.2) is 74.8 Å². The summed E-state index contributed by atoms with van der Waals surface area (Å²) < 4.78 is 38.0. The molecule has 4 rings (SSSR count). The minimum absolute atomic E-state index is 0.266. The molecule has 2 heterocycles. The standard InChI is InChI=1S/C20H17N3O4S2/c1-26-17-5-2-4-14(12-17)13-18-21-20(22-27-18)15-7-9-16(10-8-15)23-29(24,25)19-6-3-11-28-19/h2-12,23H,13H2,1H3. The Hall–Kier alpha value is -3.17. The zero-order valence-corrected chi connectivity index (χ0v) is 17.0. The summed E-state index contributed by atoms with van der Waals surface area (Å²) in [7, 11) is -1.96. The second-order valence-electron chi connectivity index (χ2n) is 6.15. The molecule has 0 radical (unpaired) electrons. The molecule has 148 valence electrons. The first-order valence-corrected chi connectivity index (χ1v) is 11.0. The van der Waals surface area contributed by atoms with E-state index in [0.717, 1.165) is 28.2 Å². The molecule has 0 saturated heterocycles. The predicted molar refractivity (Wildman–Crippen MR) is 111 cm³/mol. The van der Waals surface area contributed by atoms with Crippen LogP contribution >= 0.6 is 11.3 Å². The minimum atomic E-state index is -3.58. The van der Waals surface area contributed by atoms with Gasteiger partial charge in [-0.25, -0.2) is 8.42 Å². The van der Waals surface area contributed by atoms with Crippen molar-refractivity contribution in [1.82, 2.24) is 10.1 Å². The van der Waals surface area contributed by atoms with Crippen molar-refractivity contribution in [3.8, 4) is 17.1 Å². The maximum Gasteiger partial charge on any atom is 0.271 e. The molecule has 2 aromatic carbocycles. The number of sulfonamides is 1. The minimum Gasteiger partial charge on any atom is -0.497 e. The fraction of sp³-hybridized carbons (Fsp3) is 0.100. The highest BCUT2D eigenvalue weighted by Crippen LogP contribution is 2.23. The van der Waals surface area contributed by atoms with Crippen molar-refractivity contribution in [1.29, 1.82) is 0 Å². The van der Waals surface area contributed by atoms with Crippen molar-refractivity contribution < 1.29 is 17.7 Å². The van der Waals surface area contributed by atoms with E-state index in [9.17, 15) is 8.42 Å². The molecule has 0 bridgehead atoms. The number of hydrogen-bond acceptors (Lipinski definition) is 7. The van der Waals surface area contributed by atoms with E-state index in [1.807, 2.05) is 24.3 Å². The molecule has 1 N–H and O–H groups in total. The number of nitrogens with zero attached hydrogens (tertiary/aromatic N) is 2. The van der Waals surface area contributed by atoms with Gasteiger partial charge in [-0.15, -0.1) is 11.3 Å². The number of thiophene rings is 1. The number of anilines is 1. The summed E-state index contributed by atoms with van der Waals surface area (Å²) >= 11 is 1.16. The first kappa shape index (κ1) is 19.2. The third kappa shape index (κ3) is 4.47. The lowest BCUT2D eigenvalue weighted by Gasteiger charge is -2.06. The number of rotatable bonds is 7. The molecule has 2 aromatic heterocycles. The lowest BCUT2D eigenvalue weighted by molar-refractivity contribution is 0.385. The first-order valence-electron chi connectivity index (χ1n) is 8.66. The Bertz CT molecular complexity index is 1200. The van der Waals surface area contributed by atoms with E-state index in [1.165, 1.54) is 0 Å². The highest BCUT2D eigenvalue weighted by Gasteiger charge is 2.15. The van der Waals surface area contributed by atoms with E-state index in [-0.39, 0.29) is 4.21 Å².